The van der Waals surface area contributed by atoms with E-state index in [9.17, 15) is 13.2 Å². The summed E-state index contributed by atoms with van der Waals surface area (Å²) in [4.78, 5) is 0. The van der Waals surface area contributed by atoms with E-state index in [1.807, 2.05) is 0 Å². The van der Waals surface area contributed by atoms with Gasteiger partial charge >= 0.3 is 6.18 Å². The molecule has 1 aromatic carbocycles. The first kappa shape index (κ1) is 12.1. The van der Waals surface area contributed by atoms with E-state index in [2.05, 4.69) is 4.74 Å². The van der Waals surface area contributed by atoms with Gasteiger partial charge in [-0.2, -0.15) is 13.2 Å². The summed E-state index contributed by atoms with van der Waals surface area (Å²) >= 11 is 5.64. The van der Waals surface area contributed by atoms with Crippen molar-refractivity contribution in [2.45, 2.75) is 12.3 Å². The van der Waals surface area contributed by atoms with Crippen molar-refractivity contribution in [3.05, 3.63) is 29.3 Å². The Kier molecular flexibility index (Phi) is 3.82. The van der Waals surface area contributed by atoms with E-state index in [1.165, 1.54) is 18.2 Å². The van der Waals surface area contributed by atoms with Crippen LogP contribution in [-0.2, 0) is 0 Å². The second kappa shape index (κ2) is 4.72. The van der Waals surface area contributed by atoms with Crippen molar-refractivity contribution >= 4 is 11.6 Å². The van der Waals surface area contributed by atoms with Crippen LogP contribution < -0.4 is 10.5 Å². The van der Waals surface area contributed by atoms with Gasteiger partial charge in [0, 0.05) is 6.54 Å². The van der Waals surface area contributed by atoms with E-state index in [4.69, 9.17) is 17.3 Å². The topological polar surface area (TPSA) is 35.2 Å². The van der Waals surface area contributed by atoms with Crippen molar-refractivity contribution < 1.29 is 17.9 Å². The fourth-order valence-electron chi connectivity index (χ4n) is 0.942. The van der Waals surface area contributed by atoms with Crippen molar-refractivity contribution in [1.29, 1.82) is 0 Å². The first-order valence-corrected chi connectivity index (χ1v) is 4.51. The molecule has 2 nitrogen and oxygen atoms in total. The van der Waals surface area contributed by atoms with Gasteiger partial charge < -0.3 is 10.5 Å². The maximum absolute atomic E-state index is 12.3. The Hall–Kier alpha value is -0.940. The van der Waals surface area contributed by atoms with E-state index >= 15 is 0 Å². The Morgan fingerprint density at radius 1 is 1.33 bits per heavy atom. The SMILES string of the molecule is NCC(Oc1ccccc1Cl)C(F)(F)F. The van der Waals surface area contributed by atoms with E-state index in [0.717, 1.165) is 0 Å². The lowest BCUT2D eigenvalue weighted by Gasteiger charge is -2.20. The van der Waals surface area contributed by atoms with E-state index < -0.39 is 18.8 Å². The lowest BCUT2D eigenvalue weighted by molar-refractivity contribution is -0.191. The predicted molar refractivity (Wildman–Crippen MR) is 51.0 cm³/mol. The Labute approximate surface area is 89.8 Å². The van der Waals surface area contributed by atoms with Gasteiger partial charge in [-0.05, 0) is 12.1 Å². The molecule has 0 spiro atoms. The molecule has 0 bridgehead atoms. The molecule has 0 aliphatic rings. The van der Waals surface area contributed by atoms with Crippen LogP contribution in [0, 0.1) is 0 Å². The highest BCUT2D eigenvalue weighted by Crippen LogP contribution is 2.29. The Balaban J connectivity index is 2.80. The third kappa shape index (κ3) is 3.28. The highest BCUT2D eigenvalue weighted by atomic mass is 35.5. The largest absolute Gasteiger partial charge is 0.478 e. The average molecular weight is 240 g/mol. The number of benzene rings is 1. The summed E-state index contributed by atoms with van der Waals surface area (Å²) in [6, 6.07) is 5.93. The maximum atomic E-state index is 12.3. The Morgan fingerprint density at radius 2 is 1.93 bits per heavy atom. The summed E-state index contributed by atoms with van der Waals surface area (Å²) in [5.74, 6) is -0.0214. The van der Waals surface area contributed by atoms with Crippen molar-refractivity contribution in [2.24, 2.45) is 5.73 Å². The summed E-state index contributed by atoms with van der Waals surface area (Å²) < 4.78 is 41.5. The molecule has 0 aromatic heterocycles. The van der Waals surface area contributed by atoms with Gasteiger partial charge in [-0.15, -0.1) is 0 Å². The van der Waals surface area contributed by atoms with Crippen molar-refractivity contribution in [2.75, 3.05) is 6.54 Å². The van der Waals surface area contributed by atoms with Gasteiger partial charge in [0.25, 0.3) is 0 Å². The molecule has 1 atom stereocenters. The first-order chi connectivity index (χ1) is 6.95. The molecule has 0 saturated heterocycles. The molecule has 84 valence electrons. The zero-order valence-electron chi connectivity index (χ0n) is 7.59. The smallest absolute Gasteiger partial charge is 0.426 e. The van der Waals surface area contributed by atoms with Crippen LogP contribution >= 0.6 is 11.6 Å². The number of ether oxygens (including phenoxy) is 1. The van der Waals surface area contributed by atoms with Gasteiger partial charge in [0.1, 0.15) is 5.75 Å². The fraction of sp³-hybridized carbons (Fsp3) is 0.333. The van der Waals surface area contributed by atoms with Crippen molar-refractivity contribution in [3.8, 4) is 5.75 Å². The summed E-state index contributed by atoms with van der Waals surface area (Å²) in [5.41, 5.74) is 4.97. The third-order valence-electron chi connectivity index (χ3n) is 1.69. The minimum absolute atomic E-state index is 0.0214. The molecular formula is C9H9ClF3NO. The summed E-state index contributed by atoms with van der Waals surface area (Å²) in [6.07, 6.45) is -6.52. The minimum atomic E-state index is -4.49. The van der Waals surface area contributed by atoms with Crippen LogP contribution in [0.2, 0.25) is 5.02 Å². The fourth-order valence-corrected chi connectivity index (χ4v) is 1.12. The first-order valence-electron chi connectivity index (χ1n) is 4.13. The Bertz CT molecular complexity index is 329. The summed E-state index contributed by atoms with van der Waals surface area (Å²) in [6.45, 7) is -0.644. The zero-order valence-corrected chi connectivity index (χ0v) is 8.35. The van der Waals surface area contributed by atoms with E-state index in [1.54, 1.807) is 6.07 Å². The molecule has 6 heteroatoms. The quantitative estimate of drug-likeness (QED) is 0.880. The number of nitrogens with two attached hydrogens (primary N) is 1. The number of hydrogen-bond acceptors (Lipinski definition) is 2. The molecular weight excluding hydrogens is 231 g/mol. The van der Waals surface area contributed by atoms with Gasteiger partial charge in [0.15, 0.2) is 0 Å². The molecule has 0 fully saturated rings. The number of rotatable bonds is 3. The molecule has 15 heavy (non-hydrogen) atoms. The van der Waals surface area contributed by atoms with E-state index in [-0.39, 0.29) is 10.8 Å². The van der Waals surface area contributed by atoms with Gasteiger partial charge in [0.05, 0.1) is 5.02 Å². The minimum Gasteiger partial charge on any atom is -0.478 e. The number of hydrogen-bond donors (Lipinski definition) is 1. The molecule has 0 radical (unpaired) electrons. The molecule has 0 saturated carbocycles. The molecule has 1 unspecified atom stereocenters. The van der Waals surface area contributed by atoms with Crippen LogP contribution in [0.4, 0.5) is 13.2 Å². The van der Waals surface area contributed by atoms with Crippen LogP contribution in [0.15, 0.2) is 24.3 Å². The highest BCUT2D eigenvalue weighted by Gasteiger charge is 2.41. The zero-order chi connectivity index (χ0) is 11.5. The van der Waals surface area contributed by atoms with Crippen molar-refractivity contribution in [3.63, 3.8) is 0 Å². The van der Waals surface area contributed by atoms with Crippen LogP contribution in [0.25, 0.3) is 0 Å². The highest BCUT2D eigenvalue weighted by molar-refractivity contribution is 6.32. The molecule has 2 N–H and O–H groups in total. The van der Waals surface area contributed by atoms with Crippen LogP contribution in [0.1, 0.15) is 0 Å². The second-order valence-electron chi connectivity index (χ2n) is 2.81. The van der Waals surface area contributed by atoms with Gasteiger partial charge in [-0.1, -0.05) is 23.7 Å². The molecule has 0 aliphatic heterocycles. The average Bonchev–Trinajstić information content (AvgIpc) is 2.14. The number of para-hydroxylation sites is 1. The summed E-state index contributed by atoms with van der Waals surface area (Å²) in [7, 11) is 0. The standard InChI is InChI=1S/C9H9ClF3NO/c10-6-3-1-2-4-7(6)15-8(5-14)9(11,12)13/h1-4,8H,5,14H2. The third-order valence-corrected chi connectivity index (χ3v) is 2.00. The Morgan fingerprint density at radius 3 is 2.40 bits per heavy atom. The van der Waals surface area contributed by atoms with Gasteiger partial charge in [0.2, 0.25) is 6.10 Å². The molecule has 0 aliphatic carbocycles. The molecule has 1 aromatic rings. The molecule has 0 amide bonds. The van der Waals surface area contributed by atoms with Crippen LogP contribution in [-0.4, -0.2) is 18.8 Å². The van der Waals surface area contributed by atoms with E-state index in [0.29, 0.717) is 0 Å². The lowest BCUT2D eigenvalue weighted by atomic mass is 10.3. The van der Waals surface area contributed by atoms with Crippen LogP contribution in [0.5, 0.6) is 5.75 Å². The molecule has 0 heterocycles. The van der Waals surface area contributed by atoms with Gasteiger partial charge in [-0.25, -0.2) is 0 Å². The number of alkyl halides is 3. The van der Waals surface area contributed by atoms with Crippen LogP contribution in [0.3, 0.4) is 0 Å². The molecule has 1 rings (SSSR count). The van der Waals surface area contributed by atoms with Gasteiger partial charge in [-0.3, -0.25) is 0 Å². The number of halogens is 4. The maximum Gasteiger partial charge on any atom is 0.426 e. The monoisotopic (exact) mass is 239 g/mol. The summed E-state index contributed by atoms with van der Waals surface area (Å²) in [5, 5.41) is 0.125. The normalized spacial score (nSPS) is 13.7. The second-order valence-corrected chi connectivity index (χ2v) is 3.22. The van der Waals surface area contributed by atoms with Crippen molar-refractivity contribution in [1.82, 2.24) is 0 Å². The predicted octanol–water partition coefficient (Wildman–Crippen LogP) is 2.61. The lowest BCUT2D eigenvalue weighted by Crippen LogP contribution is -2.40.